The topological polar surface area (TPSA) is 298 Å². The van der Waals surface area contributed by atoms with Crippen molar-refractivity contribution in [2.24, 2.45) is 0 Å². The highest BCUT2D eigenvalue weighted by Gasteiger charge is 2.42. The standard InChI is InChI=1S/C23H23ClN4O4S.C23H25N5O5S3.C23H24N4O3S2.6H2/c1-15-13-22(32-25-15)26-33(30,31)19-7-5-18(6-8-19)27-12-10-21(23(27)29)28-11-2-3-16-14-17(24)4-9-20(16)28;1-26(2)36(32,33)19-7-8-20-16(15-19)9-12-28(20)21-10-13-27(22(21)29)17-3-5-18(6-4-17)35(30,31)25-23-24-11-14-34-23;1-16-4-9-20-17(15-16)3-2-12-27(20)21-10-13-26(22(21)28)18-5-7-19(8-6-18)32(29,30)25-23-24-11-14-31-23;;;;;;/h4-9,13-14,21,26H,2-3,10-12H2,1H3;3-8,11,14-15,21H,9-10,12-13H2,1-2H3,(H,24,25);4-9,11,14-15,21H,2-3,10,12-13H2,1H3,(H,24,25);6*1H/t3*21-;;;;;;/m001....../s1. The molecule has 9 aromatic rings. The number of aromatic nitrogens is 3. The number of nitrogens with one attached hydrogen (secondary N) is 3. The molecule has 0 aliphatic carbocycles. The smallest absolute Gasteiger partial charge is 0.264 e. The maximum Gasteiger partial charge on any atom is 0.264 e. The van der Waals surface area contributed by atoms with Crippen LogP contribution in [0.15, 0.2) is 181 Å². The molecule has 6 aromatic carbocycles. The minimum atomic E-state index is -3.82. The molecular weight excluding hydrogens is 1430 g/mol. The van der Waals surface area contributed by atoms with Crippen LogP contribution in [0.5, 0.6) is 0 Å². The number of nitrogens with zero attached hydrogens (tertiary/aromatic N) is 10. The highest BCUT2D eigenvalue weighted by atomic mass is 35.5. The summed E-state index contributed by atoms with van der Waals surface area (Å²) in [4.78, 5) is 60.1. The number of aryl methyl sites for hydroxylation is 4. The molecule has 0 bridgehead atoms. The number of fused-ring (bicyclic) bond motifs is 3. The number of hydrogen-bond donors (Lipinski definition) is 3. The molecule has 6 aliphatic heterocycles. The Hall–Kier alpha value is -8.95. The first-order valence-electron chi connectivity index (χ1n) is 32.6. The summed E-state index contributed by atoms with van der Waals surface area (Å²) in [5.41, 5.74) is 10.3. The molecule has 3 aromatic heterocycles. The van der Waals surface area contributed by atoms with Gasteiger partial charge in [0, 0.05) is 130 Å². The summed E-state index contributed by atoms with van der Waals surface area (Å²) in [6.07, 6.45) is 9.80. The number of sulfonamides is 4. The minimum absolute atomic E-state index is 0. The lowest BCUT2D eigenvalue weighted by molar-refractivity contribution is -0.119. The lowest BCUT2D eigenvalue weighted by Crippen LogP contribution is -2.44. The predicted molar refractivity (Wildman–Crippen MR) is 405 cm³/mol. The molecule has 25 nitrogen and oxygen atoms in total. The van der Waals surface area contributed by atoms with Gasteiger partial charge in [-0.05, 0) is 197 Å². The zero-order valence-electron chi connectivity index (χ0n) is 55.3. The number of hydrogen-bond acceptors (Lipinski definition) is 20. The largest absolute Gasteiger partial charge is 0.359 e. The van der Waals surface area contributed by atoms with Gasteiger partial charge in [0.1, 0.15) is 18.1 Å². The van der Waals surface area contributed by atoms with Gasteiger partial charge >= 0.3 is 0 Å². The van der Waals surface area contributed by atoms with Crippen LogP contribution >= 0.6 is 34.3 Å². The highest BCUT2D eigenvalue weighted by molar-refractivity contribution is 7.93. The number of halogens is 1. The molecule has 3 N–H and O–H groups in total. The molecule has 9 heterocycles. The Morgan fingerprint density at radius 2 is 0.891 bits per heavy atom. The van der Waals surface area contributed by atoms with Crippen LogP contribution in [0.3, 0.4) is 0 Å². The number of thiazole rings is 2. The molecule has 0 spiro atoms. The highest BCUT2D eigenvalue weighted by Crippen LogP contribution is 2.40. The van der Waals surface area contributed by atoms with Crippen molar-refractivity contribution < 1.29 is 61.1 Å². The van der Waals surface area contributed by atoms with E-state index in [1.165, 1.54) is 106 Å². The molecule has 0 saturated carbocycles. The number of rotatable bonds is 17. The van der Waals surface area contributed by atoms with Gasteiger partial charge in [0.25, 0.3) is 30.1 Å². The Balaban J connectivity index is 0.000000218. The SMILES string of the molecule is CN(C)S(=O)(=O)c1ccc2c(c1)CCN2[C@H]1CCN(c2ccc(S(=O)(=O)Nc3nccs3)cc2)C1=O.Cc1cc(NS(=O)(=O)c2ccc(N3CC[C@H](N4CCCc5cc(Cl)ccc54)C3=O)cc2)on1.Cc1ccc2c(c1)CCCN2[C@@H]1CCN(c2ccc(S(=O)(=O)Nc3nccs3)cc2)C1=O.[HH].[HH].[HH].[HH].[HH].[HH]. The third-order valence-electron chi connectivity index (χ3n) is 18.6. The van der Waals surface area contributed by atoms with E-state index in [0.29, 0.717) is 78.4 Å². The Bertz CT molecular complexity index is 5090. The van der Waals surface area contributed by atoms with Gasteiger partial charge in [-0.15, -0.1) is 22.7 Å². The molecule has 0 unspecified atom stereocenters. The van der Waals surface area contributed by atoms with Crippen molar-refractivity contribution in [2.45, 2.75) is 103 Å². The summed E-state index contributed by atoms with van der Waals surface area (Å²) in [5.74, 6) is 0.0696. The van der Waals surface area contributed by atoms with Gasteiger partial charge in [-0.3, -0.25) is 23.8 Å². The van der Waals surface area contributed by atoms with Crippen LogP contribution in [0.1, 0.15) is 68.6 Å². The first kappa shape index (κ1) is 70.5. The van der Waals surface area contributed by atoms with Crippen LogP contribution in [0.4, 0.5) is 50.3 Å². The quantitative estimate of drug-likeness (QED) is 0.0763. The third-order valence-corrected chi connectivity index (χ3v) is 26.3. The van der Waals surface area contributed by atoms with Gasteiger partial charge in [-0.1, -0.05) is 34.5 Å². The van der Waals surface area contributed by atoms with Gasteiger partial charge in [0.2, 0.25) is 33.6 Å². The molecule has 32 heteroatoms. The maximum absolute atomic E-state index is 13.4. The molecule has 3 amide bonds. The minimum Gasteiger partial charge on any atom is -0.359 e. The Morgan fingerprint density at radius 3 is 1.32 bits per heavy atom. The fraction of sp³-hybridized carbons (Fsp3) is 0.304. The maximum atomic E-state index is 13.4. The van der Waals surface area contributed by atoms with Crippen molar-refractivity contribution in [3.63, 3.8) is 0 Å². The van der Waals surface area contributed by atoms with Crippen LogP contribution in [0.2, 0.25) is 5.02 Å². The molecule has 540 valence electrons. The van der Waals surface area contributed by atoms with E-state index in [0.717, 1.165) is 67.8 Å². The second-order valence-electron chi connectivity index (χ2n) is 25.2. The van der Waals surface area contributed by atoms with Crippen LogP contribution in [0, 0.1) is 13.8 Å². The van der Waals surface area contributed by atoms with E-state index in [2.05, 4.69) is 64.2 Å². The average molecular weight is 1520 g/mol. The van der Waals surface area contributed by atoms with E-state index in [-0.39, 0.29) is 75.0 Å². The molecule has 0 radical (unpaired) electrons. The van der Waals surface area contributed by atoms with Crippen LogP contribution in [-0.2, 0) is 73.7 Å². The van der Waals surface area contributed by atoms with E-state index < -0.39 is 40.1 Å². The van der Waals surface area contributed by atoms with Crippen molar-refractivity contribution in [2.75, 3.05) is 96.9 Å². The fourth-order valence-electron chi connectivity index (χ4n) is 13.6. The zero-order valence-corrected chi connectivity index (χ0v) is 61.0. The lowest BCUT2D eigenvalue weighted by atomic mass is 9.97. The van der Waals surface area contributed by atoms with Crippen LogP contribution < -0.4 is 43.6 Å². The summed E-state index contributed by atoms with van der Waals surface area (Å²) in [7, 11) is -11.8. The summed E-state index contributed by atoms with van der Waals surface area (Å²) >= 11 is 8.56. The molecule has 6 aliphatic rings. The first-order chi connectivity index (χ1) is 48.3. The summed E-state index contributed by atoms with van der Waals surface area (Å²) in [5, 5.41) is 8.38. The summed E-state index contributed by atoms with van der Waals surface area (Å²) in [6.45, 7) is 7.82. The van der Waals surface area contributed by atoms with E-state index in [9.17, 15) is 48.1 Å². The zero-order chi connectivity index (χ0) is 71.1. The van der Waals surface area contributed by atoms with Gasteiger partial charge in [0.15, 0.2) is 10.3 Å². The monoisotopic (exact) mass is 1510 g/mol. The number of carbonyl (C=O) groups excluding carboxylic acids is 3. The van der Waals surface area contributed by atoms with Crippen LogP contribution in [0.25, 0.3) is 0 Å². The van der Waals surface area contributed by atoms with Crippen molar-refractivity contribution >= 4 is 142 Å². The molecular formula is C69H84ClN13O12S6. The summed E-state index contributed by atoms with van der Waals surface area (Å²) in [6, 6.07) is 37.0. The lowest BCUT2D eigenvalue weighted by Gasteiger charge is -2.35. The van der Waals surface area contributed by atoms with E-state index in [4.69, 9.17) is 16.1 Å². The molecule has 15 rings (SSSR count). The van der Waals surface area contributed by atoms with Gasteiger partial charge < -0.3 is 33.9 Å². The van der Waals surface area contributed by atoms with Crippen molar-refractivity contribution in [3.8, 4) is 0 Å². The number of amides is 3. The van der Waals surface area contributed by atoms with E-state index >= 15 is 0 Å². The molecule has 3 fully saturated rings. The Kier molecular flexibility index (Phi) is 20.1. The first-order valence-corrected chi connectivity index (χ1v) is 40.6. The second kappa shape index (κ2) is 28.8. The van der Waals surface area contributed by atoms with Crippen molar-refractivity contribution in [3.05, 3.63) is 190 Å². The Morgan fingerprint density at radius 1 is 0.485 bits per heavy atom. The molecule has 3 atom stereocenters. The summed E-state index contributed by atoms with van der Waals surface area (Å²) < 4.78 is 114. The fourth-order valence-corrected chi connectivity index (χ4v) is 19.3. The Labute approximate surface area is 608 Å². The van der Waals surface area contributed by atoms with E-state index in [1.54, 1.807) is 93.2 Å². The third kappa shape index (κ3) is 14.9. The van der Waals surface area contributed by atoms with E-state index in [1.807, 2.05) is 23.1 Å². The number of benzene rings is 6. The molecule has 3 saturated heterocycles. The number of anilines is 9. The second-order valence-corrected chi connectivity index (χ2v) is 34.6. The molecule has 101 heavy (non-hydrogen) atoms. The van der Waals surface area contributed by atoms with Crippen LogP contribution in [-0.4, -0.2) is 142 Å². The van der Waals surface area contributed by atoms with Crippen molar-refractivity contribution in [1.29, 1.82) is 0 Å². The predicted octanol–water partition coefficient (Wildman–Crippen LogP) is 11.6. The average Bonchev–Trinajstić information content (AvgIpc) is 1.64. The number of carbonyl (C=O) groups is 3. The van der Waals surface area contributed by atoms with Gasteiger partial charge in [-0.25, -0.2) is 52.7 Å². The van der Waals surface area contributed by atoms with Gasteiger partial charge in [0.05, 0.1) is 25.3 Å². The normalized spacial score (nSPS) is 18.4. The van der Waals surface area contributed by atoms with Gasteiger partial charge in [-0.2, -0.15) is 0 Å². The van der Waals surface area contributed by atoms with Crippen molar-refractivity contribution in [1.82, 2.24) is 19.4 Å².